The number of carbonyl (C=O) groups excluding carboxylic acids is 2. The molecule has 0 radical (unpaired) electrons. The molecule has 0 aromatic heterocycles. The molecule has 0 aliphatic carbocycles. The number of amides is 1. The van der Waals surface area contributed by atoms with Gasteiger partial charge in [0.05, 0.1) is 18.5 Å². The topological polar surface area (TPSA) is 89.8 Å². The fraction of sp³-hybridized carbons (Fsp3) is 0.429. The van der Waals surface area contributed by atoms with Crippen molar-refractivity contribution in [3.05, 3.63) is 39.9 Å². The van der Waals surface area contributed by atoms with Crippen molar-refractivity contribution in [2.75, 3.05) is 20.7 Å². The van der Waals surface area contributed by atoms with Gasteiger partial charge in [0.15, 0.2) is 0 Å². The molecule has 1 rings (SSSR count). The maximum Gasteiger partial charge on any atom is 0.305 e. The average molecular weight is 294 g/mol. The van der Waals surface area contributed by atoms with E-state index in [0.717, 1.165) is 0 Å². The number of benzene rings is 1. The van der Waals surface area contributed by atoms with E-state index < -0.39 is 4.92 Å². The minimum absolute atomic E-state index is 0.0358. The number of nitro groups is 1. The van der Waals surface area contributed by atoms with Crippen molar-refractivity contribution < 1.29 is 19.2 Å². The fourth-order valence-corrected chi connectivity index (χ4v) is 1.82. The second-order valence-electron chi connectivity index (χ2n) is 4.56. The van der Waals surface area contributed by atoms with Gasteiger partial charge in [-0.15, -0.1) is 0 Å². The smallest absolute Gasteiger partial charge is 0.305 e. The number of esters is 1. The van der Waals surface area contributed by atoms with Crippen LogP contribution in [0.15, 0.2) is 24.3 Å². The summed E-state index contributed by atoms with van der Waals surface area (Å²) in [6, 6.07) is 6.16. The maximum absolute atomic E-state index is 12.0. The standard InChI is InChI=1S/C14H18N2O5/c1-15(9-5-8-14(18)21-2)13(17)10-11-6-3-4-7-12(11)16(19)20/h3-4,6-7H,5,8-10H2,1-2H3. The van der Waals surface area contributed by atoms with Gasteiger partial charge >= 0.3 is 5.97 Å². The lowest BCUT2D eigenvalue weighted by Crippen LogP contribution is -2.29. The molecule has 0 aliphatic heterocycles. The molecule has 0 fully saturated rings. The SMILES string of the molecule is COC(=O)CCCN(C)C(=O)Cc1ccccc1[N+](=O)[O-]. The van der Waals surface area contributed by atoms with Crippen LogP contribution in [0.5, 0.6) is 0 Å². The van der Waals surface area contributed by atoms with E-state index in [-0.39, 0.29) is 30.4 Å². The molecule has 114 valence electrons. The number of hydrogen-bond acceptors (Lipinski definition) is 5. The van der Waals surface area contributed by atoms with Gasteiger partial charge in [-0.3, -0.25) is 19.7 Å². The molecular weight excluding hydrogens is 276 g/mol. The minimum atomic E-state index is -0.500. The van der Waals surface area contributed by atoms with Crippen molar-refractivity contribution in [3.63, 3.8) is 0 Å². The van der Waals surface area contributed by atoms with Crippen LogP contribution in [-0.2, 0) is 20.7 Å². The Morgan fingerprint density at radius 1 is 1.33 bits per heavy atom. The number of carbonyl (C=O) groups is 2. The van der Waals surface area contributed by atoms with Gasteiger partial charge in [0, 0.05) is 31.6 Å². The highest BCUT2D eigenvalue weighted by Crippen LogP contribution is 2.18. The molecule has 7 nitrogen and oxygen atoms in total. The van der Waals surface area contributed by atoms with Crippen molar-refractivity contribution in [1.29, 1.82) is 0 Å². The minimum Gasteiger partial charge on any atom is -0.469 e. The molecule has 0 N–H and O–H groups in total. The molecule has 1 aromatic rings. The van der Waals surface area contributed by atoms with Crippen molar-refractivity contribution in [2.24, 2.45) is 0 Å². The van der Waals surface area contributed by atoms with Crippen LogP contribution in [0.3, 0.4) is 0 Å². The van der Waals surface area contributed by atoms with E-state index in [1.807, 2.05) is 0 Å². The van der Waals surface area contributed by atoms with E-state index in [1.54, 1.807) is 25.2 Å². The van der Waals surface area contributed by atoms with Gasteiger partial charge in [0.1, 0.15) is 0 Å². The largest absolute Gasteiger partial charge is 0.469 e. The molecule has 0 aliphatic rings. The first kappa shape index (κ1) is 16.6. The van der Waals surface area contributed by atoms with Gasteiger partial charge in [-0.05, 0) is 6.42 Å². The van der Waals surface area contributed by atoms with Crippen LogP contribution in [0.1, 0.15) is 18.4 Å². The molecule has 0 atom stereocenters. The highest BCUT2D eigenvalue weighted by molar-refractivity contribution is 5.79. The van der Waals surface area contributed by atoms with Crippen LogP contribution in [0, 0.1) is 10.1 Å². The van der Waals surface area contributed by atoms with Crippen LogP contribution >= 0.6 is 0 Å². The number of ether oxygens (including phenoxy) is 1. The van der Waals surface area contributed by atoms with Crippen LogP contribution in [0.25, 0.3) is 0 Å². The Labute approximate surface area is 122 Å². The molecule has 7 heteroatoms. The summed E-state index contributed by atoms with van der Waals surface area (Å²) in [5, 5.41) is 10.9. The van der Waals surface area contributed by atoms with Gasteiger partial charge in [-0.1, -0.05) is 18.2 Å². The highest BCUT2D eigenvalue weighted by atomic mass is 16.6. The summed E-state index contributed by atoms with van der Waals surface area (Å²) < 4.78 is 4.51. The first-order valence-corrected chi connectivity index (χ1v) is 6.48. The van der Waals surface area contributed by atoms with E-state index in [9.17, 15) is 19.7 Å². The van der Waals surface area contributed by atoms with Gasteiger partial charge < -0.3 is 9.64 Å². The van der Waals surface area contributed by atoms with Crippen LogP contribution < -0.4 is 0 Å². The Hall–Kier alpha value is -2.44. The summed E-state index contributed by atoms with van der Waals surface area (Å²) >= 11 is 0. The lowest BCUT2D eigenvalue weighted by Gasteiger charge is -2.16. The second-order valence-corrected chi connectivity index (χ2v) is 4.56. The third-order valence-electron chi connectivity index (χ3n) is 3.06. The maximum atomic E-state index is 12.0. The number of nitro benzene ring substituents is 1. The zero-order chi connectivity index (χ0) is 15.8. The summed E-state index contributed by atoms with van der Waals surface area (Å²) in [6.07, 6.45) is 0.692. The Kier molecular flexibility index (Phi) is 6.32. The quantitative estimate of drug-likeness (QED) is 0.432. The van der Waals surface area contributed by atoms with E-state index in [4.69, 9.17) is 0 Å². The molecule has 0 unspecified atom stereocenters. The second kappa shape index (κ2) is 7.98. The zero-order valence-corrected chi connectivity index (χ0v) is 12.1. The van der Waals surface area contributed by atoms with E-state index in [1.165, 1.54) is 18.1 Å². The van der Waals surface area contributed by atoms with Gasteiger partial charge in [-0.2, -0.15) is 0 Å². The average Bonchev–Trinajstić information content (AvgIpc) is 2.47. The summed E-state index contributed by atoms with van der Waals surface area (Å²) in [7, 11) is 2.92. The predicted octanol–water partition coefficient (Wildman–Crippen LogP) is 1.55. The third kappa shape index (κ3) is 5.21. The third-order valence-corrected chi connectivity index (χ3v) is 3.06. The first-order valence-electron chi connectivity index (χ1n) is 6.48. The van der Waals surface area contributed by atoms with Gasteiger partial charge in [0.2, 0.25) is 5.91 Å². The number of methoxy groups -OCH3 is 1. The molecule has 1 amide bonds. The van der Waals surface area contributed by atoms with E-state index in [2.05, 4.69) is 4.74 Å². The molecule has 21 heavy (non-hydrogen) atoms. The monoisotopic (exact) mass is 294 g/mol. The Morgan fingerprint density at radius 3 is 2.62 bits per heavy atom. The summed E-state index contributed by atoms with van der Waals surface area (Å²) in [5.74, 6) is -0.552. The summed E-state index contributed by atoms with van der Waals surface area (Å²) in [5.41, 5.74) is 0.320. The van der Waals surface area contributed by atoms with Crippen LogP contribution in [-0.4, -0.2) is 42.4 Å². The Morgan fingerprint density at radius 2 is 2.00 bits per heavy atom. The number of nitrogens with zero attached hydrogens (tertiary/aromatic N) is 2. The Balaban J connectivity index is 2.56. The van der Waals surface area contributed by atoms with E-state index >= 15 is 0 Å². The molecular formula is C14H18N2O5. The lowest BCUT2D eigenvalue weighted by atomic mass is 10.1. The molecule has 1 aromatic carbocycles. The fourth-order valence-electron chi connectivity index (χ4n) is 1.82. The van der Waals surface area contributed by atoms with Crippen molar-refractivity contribution in [3.8, 4) is 0 Å². The van der Waals surface area contributed by atoms with Gasteiger partial charge in [-0.25, -0.2) is 0 Å². The lowest BCUT2D eigenvalue weighted by molar-refractivity contribution is -0.385. The van der Waals surface area contributed by atoms with E-state index in [0.29, 0.717) is 18.5 Å². The number of rotatable bonds is 7. The van der Waals surface area contributed by atoms with Crippen LogP contribution in [0.2, 0.25) is 0 Å². The summed E-state index contributed by atoms with van der Waals surface area (Å²) in [4.78, 5) is 34.8. The van der Waals surface area contributed by atoms with Gasteiger partial charge in [0.25, 0.3) is 5.69 Å². The molecule has 0 heterocycles. The predicted molar refractivity (Wildman–Crippen MR) is 75.7 cm³/mol. The molecule has 0 bridgehead atoms. The first-order chi connectivity index (χ1) is 9.95. The zero-order valence-electron chi connectivity index (χ0n) is 12.1. The van der Waals surface area contributed by atoms with Crippen LogP contribution in [0.4, 0.5) is 5.69 Å². The number of hydrogen-bond donors (Lipinski definition) is 0. The number of para-hydroxylation sites is 1. The molecule has 0 saturated carbocycles. The summed E-state index contributed by atoms with van der Waals surface area (Å²) in [6.45, 7) is 0.397. The molecule has 0 saturated heterocycles. The highest BCUT2D eigenvalue weighted by Gasteiger charge is 2.17. The normalized spacial score (nSPS) is 10.0. The van der Waals surface area contributed by atoms with Crippen molar-refractivity contribution >= 4 is 17.6 Å². The molecule has 0 spiro atoms. The Bertz CT molecular complexity index is 530. The number of likely N-dealkylation sites (N-methyl/N-ethyl adjacent to an activating group) is 1. The van der Waals surface area contributed by atoms with Crippen molar-refractivity contribution in [2.45, 2.75) is 19.3 Å². The van der Waals surface area contributed by atoms with Crippen molar-refractivity contribution in [1.82, 2.24) is 4.90 Å².